The van der Waals surface area contributed by atoms with Gasteiger partial charge in [-0.1, -0.05) is 53.7 Å². The molecule has 4 rings (SSSR count). The minimum absolute atomic E-state index is 0.372. The Morgan fingerprint density at radius 2 is 2.00 bits per heavy atom. The van der Waals surface area contributed by atoms with Gasteiger partial charge in [0.05, 0.1) is 6.10 Å². The molecule has 1 aromatic heterocycles. The molecule has 3 heterocycles. The summed E-state index contributed by atoms with van der Waals surface area (Å²) in [5, 5.41) is 10.9. The minimum atomic E-state index is 0.372. The highest BCUT2D eigenvalue weighted by molar-refractivity contribution is 7.99. The van der Waals surface area contributed by atoms with E-state index in [1.807, 2.05) is 18.2 Å². The summed E-state index contributed by atoms with van der Waals surface area (Å²) in [4.78, 5) is 2.43. The van der Waals surface area contributed by atoms with Crippen LogP contribution in [0.1, 0.15) is 43.0 Å². The fourth-order valence-electron chi connectivity index (χ4n) is 4.09. The van der Waals surface area contributed by atoms with Gasteiger partial charge < -0.3 is 9.30 Å². The lowest BCUT2D eigenvalue weighted by Gasteiger charge is -2.31. The zero-order valence-corrected chi connectivity index (χ0v) is 18.5. The third-order valence-electron chi connectivity index (χ3n) is 5.74. The molecule has 1 unspecified atom stereocenters. The van der Waals surface area contributed by atoms with Gasteiger partial charge in [-0.3, -0.25) is 4.90 Å². The molecule has 1 aromatic carbocycles. The van der Waals surface area contributed by atoms with Gasteiger partial charge in [-0.15, -0.1) is 10.2 Å². The molecule has 2 aliphatic rings. The molecule has 0 aliphatic carbocycles. The fourth-order valence-corrected chi connectivity index (χ4v) is 5.37. The first-order valence-electron chi connectivity index (χ1n) is 10.5. The van der Waals surface area contributed by atoms with Gasteiger partial charge in [-0.25, -0.2) is 0 Å². The summed E-state index contributed by atoms with van der Waals surface area (Å²) in [5.41, 5.74) is 1.15. The van der Waals surface area contributed by atoms with Crippen LogP contribution in [0.5, 0.6) is 0 Å². The molecule has 5 nitrogen and oxygen atoms in total. The zero-order chi connectivity index (χ0) is 20.1. The third-order valence-corrected chi connectivity index (χ3v) is 7.12. The molecule has 2 fully saturated rings. The van der Waals surface area contributed by atoms with Crippen LogP contribution in [0.4, 0.5) is 0 Å². The van der Waals surface area contributed by atoms with Gasteiger partial charge >= 0.3 is 0 Å². The van der Waals surface area contributed by atoms with Crippen molar-refractivity contribution in [1.29, 1.82) is 0 Å². The van der Waals surface area contributed by atoms with E-state index < -0.39 is 0 Å². The van der Waals surface area contributed by atoms with Gasteiger partial charge in [0.15, 0.2) is 5.16 Å². The number of halogens is 1. The van der Waals surface area contributed by atoms with Crippen LogP contribution in [0.25, 0.3) is 6.08 Å². The highest BCUT2D eigenvalue weighted by Crippen LogP contribution is 2.30. The average molecular weight is 433 g/mol. The monoisotopic (exact) mass is 432 g/mol. The van der Waals surface area contributed by atoms with Gasteiger partial charge in [0.1, 0.15) is 5.82 Å². The van der Waals surface area contributed by atoms with Crippen LogP contribution in [0.3, 0.4) is 0 Å². The van der Waals surface area contributed by atoms with E-state index in [2.05, 4.69) is 44.9 Å². The number of likely N-dealkylation sites (tertiary alicyclic amines) is 1. The molecule has 7 heteroatoms. The normalized spacial score (nSPS) is 21.7. The summed E-state index contributed by atoms with van der Waals surface area (Å²) in [6.45, 7) is 3.78. The zero-order valence-electron chi connectivity index (χ0n) is 17.0. The number of nitrogens with zero attached hydrogens (tertiary/aromatic N) is 4. The van der Waals surface area contributed by atoms with E-state index in [-0.39, 0.29) is 0 Å². The number of rotatable bonds is 7. The third kappa shape index (κ3) is 5.63. The molecule has 0 N–H and O–H groups in total. The van der Waals surface area contributed by atoms with Gasteiger partial charge in [-0.2, -0.15) is 0 Å². The molecule has 2 aromatic rings. The maximum Gasteiger partial charge on any atom is 0.191 e. The van der Waals surface area contributed by atoms with E-state index in [4.69, 9.17) is 16.3 Å². The summed E-state index contributed by atoms with van der Waals surface area (Å²) in [6, 6.07) is 10.3. The van der Waals surface area contributed by atoms with Crippen LogP contribution in [0, 0.1) is 0 Å². The average Bonchev–Trinajstić information content (AvgIpc) is 3.37. The molecule has 0 bridgehead atoms. The van der Waals surface area contributed by atoms with Gasteiger partial charge in [0.2, 0.25) is 0 Å². The van der Waals surface area contributed by atoms with Gasteiger partial charge in [0, 0.05) is 36.9 Å². The predicted molar refractivity (Wildman–Crippen MR) is 119 cm³/mol. The molecule has 0 spiro atoms. The Morgan fingerprint density at radius 1 is 1.21 bits per heavy atom. The van der Waals surface area contributed by atoms with Crippen molar-refractivity contribution in [3.05, 3.63) is 46.8 Å². The Hall–Kier alpha value is -1.34. The first-order valence-corrected chi connectivity index (χ1v) is 11.8. The van der Waals surface area contributed by atoms with Crippen molar-refractivity contribution in [3.8, 4) is 0 Å². The Kier molecular flexibility index (Phi) is 7.29. The lowest BCUT2D eigenvalue weighted by atomic mass is 9.96. The highest BCUT2D eigenvalue weighted by atomic mass is 35.5. The molecular weight excluding hydrogens is 404 g/mol. The summed E-state index contributed by atoms with van der Waals surface area (Å²) >= 11 is 8.27. The fraction of sp³-hybridized carbons (Fsp3) is 0.545. The molecule has 2 saturated heterocycles. The Bertz CT molecular complexity index is 811. The van der Waals surface area contributed by atoms with Crippen LogP contribution in [0.2, 0.25) is 0 Å². The molecule has 156 valence electrons. The molecule has 29 heavy (non-hydrogen) atoms. The van der Waals surface area contributed by atoms with Crippen molar-refractivity contribution in [1.82, 2.24) is 19.7 Å². The van der Waals surface area contributed by atoms with Crippen LogP contribution in [-0.4, -0.2) is 57.8 Å². The molecular formula is C22H29ClN4OS. The summed E-state index contributed by atoms with van der Waals surface area (Å²) in [7, 11) is 2.10. The molecule has 1 atom stereocenters. The summed E-state index contributed by atoms with van der Waals surface area (Å²) < 4.78 is 7.90. The minimum Gasteiger partial charge on any atom is -0.377 e. The predicted octanol–water partition coefficient (Wildman–Crippen LogP) is 4.55. The number of benzene rings is 1. The van der Waals surface area contributed by atoms with Crippen molar-refractivity contribution in [2.75, 3.05) is 32.0 Å². The van der Waals surface area contributed by atoms with E-state index in [1.165, 1.54) is 6.42 Å². The van der Waals surface area contributed by atoms with E-state index in [0.29, 0.717) is 12.0 Å². The number of ether oxygens (including phenoxy) is 1. The lowest BCUT2D eigenvalue weighted by molar-refractivity contribution is 0.129. The number of aromatic nitrogens is 3. The molecule has 0 amide bonds. The topological polar surface area (TPSA) is 43.2 Å². The van der Waals surface area contributed by atoms with Gasteiger partial charge in [-0.05, 0) is 50.4 Å². The van der Waals surface area contributed by atoms with Gasteiger partial charge in [0.25, 0.3) is 0 Å². The van der Waals surface area contributed by atoms with Crippen molar-refractivity contribution >= 4 is 29.4 Å². The van der Waals surface area contributed by atoms with Crippen LogP contribution in [0.15, 0.2) is 40.5 Å². The van der Waals surface area contributed by atoms with Crippen molar-refractivity contribution in [2.24, 2.45) is 7.05 Å². The lowest BCUT2D eigenvalue weighted by Crippen LogP contribution is -2.34. The Balaban J connectivity index is 1.27. The quantitative estimate of drug-likeness (QED) is 0.600. The maximum absolute atomic E-state index is 6.50. The Morgan fingerprint density at radius 3 is 2.72 bits per heavy atom. The van der Waals surface area contributed by atoms with E-state index in [1.54, 1.807) is 11.8 Å². The summed E-state index contributed by atoms with van der Waals surface area (Å²) in [6.07, 6.45) is 6.97. The second-order valence-electron chi connectivity index (χ2n) is 7.90. The van der Waals surface area contributed by atoms with Crippen LogP contribution in [-0.2, 0) is 11.8 Å². The summed E-state index contributed by atoms with van der Waals surface area (Å²) in [5.74, 6) is 2.56. The van der Waals surface area contributed by atoms with Crippen LogP contribution < -0.4 is 0 Å². The maximum atomic E-state index is 6.50. The van der Waals surface area contributed by atoms with E-state index in [0.717, 1.165) is 72.8 Å². The van der Waals surface area contributed by atoms with Crippen molar-refractivity contribution < 1.29 is 4.74 Å². The Labute approximate surface area is 182 Å². The smallest absolute Gasteiger partial charge is 0.191 e. The van der Waals surface area contributed by atoms with E-state index >= 15 is 0 Å². The second-order valence-corrected chi connectivity index (χ2v) is 9.37. The second kappa shape index (κ2) is 10.1. The van der Waals surface area contributed by atoms with E-state index in [9.17, 15) is 0 Å². The standard InChI is InChI=1S/C22H29ClN4OS/c1-26-21(24-25-22(26)29-16-20-8-5-13-28-20)18-9-11-27(12-10-18)15-19(23)14-17-6-3-2-4-7-17/h2-4,6-7,14,18,20H,5,8-13,15-16H2,1H3. The molecule has 2 aliphatic heterocycles. The molecule has 0 saturated carbocycles. The largest absolute Gasteiger partial charge is 0.377 e. The van der Waals surface area contributed by atoms with Crippen molar-refractivity contribution in [3.63, 3.8) is 0 Å². The number of piperidine rings is 1. The number of hydrogen-bond acceptors (Lipinski definition) is 5. The number of thioether (sulfide) groups is 1. The highest BCUT2D eigenvalue weighted by Gasteiger charge is 2.26. The first-order chi connectivity index (χ1) is 14.2. The van der Waals surface area contributed by atoms with Crippen molar-refractivity contribution in [2.45, 2.75) is 42.9 Å². The first kappa shape index (κ1) is 20.9. The SMILES string of the molecule is Cn1c(SCC2CCCO2)nnc1C1CCN(CC(Cl)=Cc2ccccc2)CC1. The number of hydrogen-bond donors (Lipinski definition) is 0. The molecule has 0 radical (unpaired) electrons. The van der Waals surface area contributed by atoms with Crippen LogP contribution >= 0.6 is 23.4 Å².